The summed E-state index contributed by atoms with van der Waals surface area (Å²) < 4.78 is 0. The molecular formula is C14H28N2. The van der Waals surface area contributed by atoms with E-state index in [1.165, 1.54) is 58.0 Å². The minimum absolute atomic E-state index is 0.735. The van der Waals surface area contributed by atoms with E-state index >= 15 is 0 Å². The summed E-state index contributed by atoms with van der Waals surface area (Å²) in [6.45, 7) is 4.88. The summed E-state index contributed by atoms with van der Waals surface area (Å²) >= 11 is 0. The first-order chi connectivity index (χ1) is 7.75. The van der Waals surface area contributed by atoms with Crippen LogP contribution >= 0.6 is 0 Å². The van der Waals surface area contributed by atoms with Crippen molar-refractivity contribution < 1.29 is 0 Å². The topological polar surface area (TPSA) is 15.3 Å². The van der Waals surface area contributed by atoms with Crippen LogP contribution in [-0.2, 0) is 0 Å². The Labute approximate surface area is 101 Å². The van der Waals surface area contributed by atoms with Crippen LogP contribution in [0.5, 0.6) is 0 Å². The molecule has 1 N–H and O–H groups in total. The largest absolute Gasteiger partial charge is 0.314 e. The monoisotopic (exact) mass is 224 g/mol. The number of piperidine rings is 1. The maximum Gasteiger partial charge on any atom is 0.00923 e. The summed E-state index contributed by atoms with van der Waals surface area (Å²) in [5.41, 5.74) is 0. The van der Waals surface area contributed by atoms with Gasteiger partial charge in [0.05, 0.1) is 0 Å². The van der Waals surface area contributed by atoms with Crippen LogP contribution in [0.2, 0.25) is 0 Å². The Kier molecular flexibility index (Phi) is 4.66. The Bertz CT molecular complexity index is 199. The van der Waals surface area contributed by atoms with Gasteiger partial charge in [-0.3, -0.25) is 0 Å². The molecule has 2 atom stereocenters. The van der Waals surface area contributed by atoms with Crippen LogP contribution in [0.3, 0.4) is 0 Å². The van der Waals surface area contributed by atoms with E-state index in [1.807, 2.05) is 0 Å². The first kappa shape index (κ1) is 12.4. The molecule has 0 aromatic carbocycles. The van der Waals surface area contributed by atoms with Crippen molar-refractivity contribution in [1.82, 2.24) is 10.2 Å². The van der Waals surface area contributed by atoms with Crippen LogP contribution in [0.15, 0.2) is 0 Å². The molecule has 2 fully saturated rings. The van der Waals surface area contributed by atoms with Gasteiger partial charge in [0.25, 0.3) is 0 Å². The minimum Gasteiger partial charge on any atom is -0.314 e. The fourth-order valence-electron chi connectivity index (χ4n) is 3.48. The lowest BCUT2D eigenvalue weighted by atomic mass is 9.90. The molecule has 2 unspecified atom stereocenters. The van der Waals surface area contributed by atoms with Crippen molar-refractivity contribution in [3.05, 3.63) is 0 Å². The zero-order chi connectivity index (χ0) is 11.4. The minimum atomic E-state index is 0.735. The molecule has 94 valence electrons. The van der Waals surface area contributed by atoms with Gasteiger partial charge in [0, 0.05) is 18.6 Å². The third-order valence-corrected chi connectivity index (χ3v) is 4.48. The molecule has 0 radical (unpaired) electrons. The van der Waals surface area contributed by atoms with Gasteiger partial charge in [0.15, 0.2) is 0 Å². The van der Waals surface area contributed by atoms with Gasteiger partial charge >= 0.3 is 0 Å². The highest BCUT2D eigenvalue weighted by Crippen LogP contribution is 2.24. The summed E-state index contributed by atoms with van der Waals surface area (Å²) in [7, 11) is 2.35. The van der Waals surface area contributed by atoms with E-state index in [2.05, 4.69) is 24.2 Å². The summed E-state index contributed by atoms with van der Waals surface area (Å²) in [5.74, 6) is 0.933. The molecule has 0 bridgehead atoms. The summed E-state index contributed by atoms with van der Waals surface area (Å²) in [6.07, 6.45) is 10.0. The lowest BCUT2D eigenvalue weighted by Gasteiger charge is -2.36. The third kappa shape index (κ3) is 3.46. The van der Waals surface area contributed by atoms with Gasteiger partial charge in [-0.05, 0) is 52.1 Å². The van der Waals surface area contributed by atoms with E-state index in [0.29, 0.717) is 0 Å². The van der Waals surface area contributed by atoms with E-state index in [0.717, 1.165) is 18.0 Å². The fourth-order valence-corrected chi connectivity index (χ4v) is 3.48. The molecule has 16 heavy (non-hydrogen) atoms. The first-order valence-electron chi connectivity index (χ1n) is 7.19. The second kappa shape index (κ2) is 6.02. The number of rotatable bonds is 3. The SMILES string of the molecule is CC1CC(CN(C)C2CCCCC2)CCN1. The number of hydrogen-bond donors (Lipinski definition) is 1. The van der Waals surface area contributed by atoms with Crippen molar-refractivity contribution in [2.45, 2.75) is 64.0 Å². The highest BCUT2D eigenvalue weighted by Gasteiger charge is 2.23. The van der Waals surface area contributed by atoms with E-state index in [-0.39, 0.29) is 0 Å². The van der Waals surface area contributed by atoms with Crippen molar-refractivity contribution in [2.75, 3.05) is 20.1 Å². The molecule has 1 aliphatic carbocycles. The van der Waals surface area contributed by atoms with Gasteiger partial charge in [-0.25, -0.2) is 0 Å². The maximum atomic E-state index is 3.55. The fraction of sp³-hybridized carbons (Fsp3) is 1.00. The predicted octanol–water partition coefficient (Wildman–Crippen LogP) is 2.64. The molecule has 0 amide bonds. The molecule has 0 aromatic heterocycles. The second-order valence-corrected chi connectivity index (χ2v) is 5.98. The molecule has 2 rings (SSSR count). The van der Waals surface area contributed by atoms with Gasteiger partial charge < -0.3 is 10.2 Å². The standard InChI is InChI=1S/C14H28N2/c1-12-10-13(8-9-15-12)11-16(2)14-6-4-3-5-7-14/h12-15H,3-11H2,1-2H3. The zero-order valence-corrected chi connectivity index (χ0v) is 11.0. The van der Waals surface area contributed by atoms with Crippen molar-refractivity contribution in [3.63, 3.8) is 0 Å². The molecule has 2 nitrogen and oxygen atoms in total. The molecular weight excluding hydrogens is 196 g/mol. The molecule has 0 aromatic rings. The van der Waals surface area contributed by atoms with Crippen molar-refractivity contribution >= 4 is 0 Å². The average molecular weight is 224 g/mol. The Balaban J connectivity index is 1.74. The molecule has 1 heterocycles. The molecule has 2 heteroatoms. The lowest BCUT2D eigenvalue weighted by molar-refractivity contribution is 0.146. The van der Waals surface area contributed by atoms with E-state index in [1.54, 1.807) is 0 Å². The normalized spacial score (nSPS) is 33.2. The second-order valence-electron chi connectivity index (χ2n) is 5.98. The smallest absolute Gasteiger partial charge is 0.00923 e. The van der Waals surface area contributed by atoms with Gasteiger partial charge in [0.2, 0.25) is 0 Å². The average Bonchev–Trinajstić information content (AvgIpc) is 2.30. The van der Waals surface area contributed by atoms with E-state index in [9.17, 15) is 0 Å². The first-order valence-corrected chi connectivity index (χ1v) is 7.19. The lowest BCUT2D eigenvalue weighted by Crippen LogP contribution is -2.42. The van der Waals surface area contributed by atoms with Crippen LogP contribution in [-0.4, -0.2) is 37.1 Å². The van der Waals surface area contributed by atoms with Gasteiger partial charge in [-0.2, -0.15) is 0 Å². The Morgan fingerprint density at radius 1 is 1.12 bits per heavy atom. The van der Waals surface area contributed by atoms with Gasteiger partial charge in [-0.1, -0.05) is 19.3 Å². The maximum absolute atomic E-state index is 3.55. The Morgan fingerprint density at radius 2 is 1.88 bits per heavy atom. The van der Waals surface area contributed by atoms with Crippen molar-refractivity contribution in [1.29, 1.82) is 0 Å². The van der Waals surface area contributed by atoms with Crippen LogP contribution in [0, 0.1) is 5.92 Å². The summed E-state index contributed by atoms with van der Waals surface area (Å²) in [5, 5.41) is 3.55. The Morgan fingerprint density at radius 3 is 2.56 bits per heavy atom. The van der Waals surface area contributed by atoms with Gasteiger partial charge in [-0.15, -0.1) is 0 Å². The van der Waals surface area contributed by atoms with Gasteiger partial charge in [0.1, 0.15) is 0 Å². The molecule has 1 aliphatic heterocycles. The molecule has 1 saturated carbocycles. The highest BCUT2D eigenvalue weighted by molar-refractivity contribution is 4.80. The predicted molar refractivity (Wildman–Crippen MR) is 69.7 cm³/mol. The Hall–Kier alpha value is -0.0800. The third-order valence-electron chi connectivity index (χ3n) is 4.48. The quantitative estimate of drug-likeness (QED) is 0.793. The van der Waals surface area contributed by atoms with Crippen LogP contribution in [0.25, 0.3) is 0 Å². The van der Waals surface area contributed by atoms with Crippen LogP contribution < -0.4 is 5.32 Å². The van der Waals surface area contributed by atoms with Crippen molar-refractivity contribution in [2.24, 2.45) is 5.92 Å². The van der Waals surface area contributed by atoms with Crippen molar-refractivity contribution in [3.8, 4) is 0 Å². The zero-order valence-electron chi connectivity index (χ0n) is 11.0. The van der Waals surface area contributed by atoms with E-state index in [4.69, 9.17) is 0 Å². The number of nitrogens with zero attached hydrogens (tertiary/aromatic N) is 1. The number of hydrogen-bond acceptors (Lipinski definition) is 2. The van der Waals surface area contributed by atoms with Crippen LogP contribution in [0.1, 0.15) is 51.9 Å². The summed E-state index contributed by atoms with van der Waals surface area (Å²) in [6, 6.07) is 1.62. The molecule has 2 aliphatic rings. The molecule has 0 spiro atoms. The summed E-state index contributed by atoms with van der Waals surface area (Å²) in [4.78, 5) is 2.65. The van der Waals surface area contributed by atoms with Crippen LogP contribution in [0.4, 0.5) is 0 Å². The number of nitrogens with one attached hydrogen (secondary N) is 1. The molecule has 1 saturated heterocycles. The van der Waals surface area contributed by atoms with E-state index < -0.39 is 0 Å². The highest BCUT2D eigenvalue weighted by atomic mass is 15.1.